The van der Waals surface area contributed by atoms with Crippen LogP contribution in [0.3, 0.4) is 0 Å². The van der Waals surface area contributed by atoms with Gasteiger partial charge in [-0.15, -0.1) is 12.4 Å². The highest BCUT2D eigenvalue weighted by Crippen LogP contribution is 2.37. The first-order valence-electron chi connectivity index (χ1n) is 8.23. The van der Waals surface area contributed by atoms with Gasteiger partial charge in [-0.3, -0.25) is 0 Å². The fraction of sp³-hybridized carbons (Fsp3) is 0.200. The summed E-state index contributed by atoms with van der Waals surface area (Å²) in [6, 6.07) is 12.8. The molecule has 8 heteroatoms. The van der Waals surface area contributed by atoms with Crippen molar-refractivity contribution in [2.75, 3.05) is 7.11 Å². The van der Waals surface area contributed by atoms with Gasteiger partial charge in [-0.2, -0.15) is 0 Å². The van der Waals surface area contributed by atoms with Crippen LogP contribution in [0, 0.1) is 0 Å². The second-order valence-corrected chi connectivity index (χ2v) is 7.07. The van der Waals surface area contributed by atoms with Crippen molar-refractivity contribution < 1.29 is 13.9 Å². The maximum Gasteiger partial charge on any atom is 0.180 e. The highest BCUT2D eigenvalue weighted by atomic mass is 35.5. The smallest absolute Gasteiger partial charge is 0.180 e. The van der Waals surface area contributed by atoms with Gasteiger partial charge >= 0.3 is 0 Å². The number of ether oxygens (including phenoxy) is 2. The summed E-state index contributed by atoms with van der Waals surface area (Å²) in [4.78, 5) is 0. The van der Waals surface area contributed by atoms with Crippen molar-refractivity contribution in [1.29, 1.82) is 0 Å². The van der Waals surface area contributed by atoms with Crippen LogP contribution in [0.1, 0.15) is 16.9 Å². The van der Waals surface area contributed by atoms with E-state index in [1.807, 2.05) is 30.3 Å². The minimum Gasteiger partial charge on any atom is -0.493 e. The molecular weight excluding hydrogens is 444 g/mol. The molecule has 1 aromatic heterocycles. The summed E-state index contributed by atoms with van der Waals surface area (Å²) in [6.45, 7) is 1.49. The molecule has 0 aliphatic rings. The zero-order chi connectivity index (χ0) is 19.2. The van der Waals surface area contributed by atoms with E-state index < -0.39 is 0 Å². The van der Waals surface area contributed by atoms with Crippen LogP contribution >= 0.6 is 47.2 Å². The number of halogens is 4. The van der Waals surface area contributed by atoms with Crippen molar-refractivity contribution in [1.82, 2.24) is 5.32 Å². The predicted molar refractivity (Wildman–Crippen MR) is 115 cm³/mol. The van der Waals surface area contributed by atoms with E-state index in [2.05, 4.69) is 5.32 Å². The molecule has 0 saturated heterocycles. The molecular formula is C20H19Cl4NO3. The lowest BCUT2D eigenvalue weighted by molar-refractivity contribution is 0.284. The molecule has 3 rings (SSSR count). The molecule has 28 heavy (non-hydrogen) atoms. The van der Waals surface area contributed by atoms with Crippen molar-refractivity contribution in [2.24, 2.45) is 0 Å². The van der Waals surface area contributed by atoms with Crippen LogP contribution in [0.4, 0.5) is 0 Å². The second kappa shape index (κ2) is 10.8. The summed E-state index contributed by atoms with van der Waals surface area (Å²) in [5.74, 6) is 1.90. The van der Waals surface area contributed by atoms with Crippen LogP contribution in [0.15, 0.2) is 53.1 Å². The van der Waals surface area contributed by atoms with Gasteiger partial charge in [0.25, 0.3) is 0 Å². The minimum atomic E-state index is 0. The molecule has 0 amide bonds. The van der Waals surface area contributed by atoms with Gasteiger partial charge in [0.2, 0.25) is 0 Å². The molecule has 0 aliphatic heterocycles. The molecule has 0 bridgehead atoms. The fourth-order valence-electron chi connectivity index (χ4n) is 2.55. The Morgan fingerprint density at radius 2 is 1.82 bits per heavy atom. The van der Waals surface area contributed by atoms with Gasteiger partial charge in [-0.05, 0) is 42.0 Å². The van der Waals surface area contributed by atoms with Crippen LogP contribution in [0.5, 0.6) is 11.5 Å². The van der Waals surface area contributed by atoms with Gasteiger partial charge in [0.1, 0.15) is 12.4 Å². The molecule has 2 aromatic carbocycles. The zero-order valence-electron chi connectivity index (χ0n) is 15.0. The lowest BCUT2D eigenvalue weighted by Crippen LogP contribution is -2.12. The van der Waals surface area contributed by atoms with E-state index >= 15 is 0 Å². The van der Waals surface area contributed by atoms with E-state index in [4.69, 9.17) is 48.7 Å². The number of furan rings is 1. The van der Waals surface area contributed by atoms with Crippen molar-refractivity contribution in [2.45, 2.75) is 19.7 Å². The Morgan fingerprint density at radius 1 is 1.00 bits per heavy atom. The standard InChI is InChI=1S/C20H18Cl3NO3.ClH/c1-25-19-8-13(10-24-11-16-3-2-6-26-16)7-18(23)20(19)27-12-14-4-5-15(21)9-17(14)22;/h2-9,24H,10-12H2,1H3;1H. The Hall–Kier alpha value is -1.56. The van der Waals surface area contributed by atoms with Crippen molar-refractivity contribution in [3.8, 4) is 11.5 Å². The Bertz CT molecular complexity index is 901. The number of hydrogen-bond acceptors (Lipinski definition) is 4. The average molecular weight is 463 g/mol. The van der Waals surface area contributed by atoms with Gasteiger partial charge in [-0.1, -0.05) is 40.9 Å². The first-order valence-corrected chi connectivity index (χ1v) is 9.36. The summed E-state index contributed by atoms with van der Waals surface area (Å²) in [5, 5.41) is 4.87. The molecule has 0 radical (unpaired) electrons. The summed E-state index contributed by atoms with van der Waals surface area (Å²) in [7, 11) is 1.58. The molecule has 0 atom stereocenters. The molecule has 150 valence electrons. The normalized spacial score (nSPS) is 10.4. The average Bonchev–Trinajstić information content (AvgIpc) is 3.15. The molecule has 0 aliphatic carbocycles. The number of benzene rings is 2. The minimum absolute atomic E-state index is 0. The summed E-state index contributed by atoms with van der Waals surface area (Å²) in [5.41, 5.74) is 1.78. The SMILES string of the molecule is COc1cc(CNCc2ccco2)cc(Cl)c1OCc1ccc(Cl)cc1Cl.Cl. The van der Waals surface area contributed by atoms with E-state index in [0.717, 1.165) is 16.9 Å². The maximum absolute atomic E-state index is 6.42. The van der Waals surface area contributed by atoms with Crippen molar-refractivity contribution in [3.05, 3.63) is 80.7 Å². The van der Waals surface area contributed by atoms with Crippen LogP contribution in [0.2, 0.25) is 15.1 Å². The Kier molecular flexibility index (Phi) is 8.80. The number of hydrogen-bond donors (Lipinski definition) is 1. The monoisotopic (exact) mass is 461 g/mol. The Labute approximate surface area is 185 Å². The fourth-order valence-corrected chi connectivity index (χ4v) is 3.30. The number of rotatable bonds is 8. The molecule has 1 N–H and O–H groups in total. The van der Waals surface area contributed by atoms with E-state index in [1.165, 1.54) is 0 Å². The lowest BCUT2D eigenvalue weighted by atomic mass is 10.2. The summed E-state index contributed by atoms with van der Waals surface area (Å²) in [6.07, 6.45) is 1.65. The largest absolute Gasteiger partial charge is 0.493 e. The molecule has 3 aromatic rings. The Balaban J connectivity index is 0.00000280. The van der Waals surface area contributed by atoms with Gasteiger partial charge in [0, 0.05) is 22.2 Å². The van der Waals surface area contributed by atoms with Crippen molar-refractivity contribution >= 4 is 47.2 Å². The highest BCUT2D eigenvalue weighted by Gasteiger charge is 2.13. The molecule has 0 spiro atoms. The molecule has 0 unspecified atom stereocenters. The third-order valence-corrected chi connectivity index (χ3v) is 4.75. The van der Waals surface area contributed by atoms with Gasteiger partial charge < -0.3 is 19.2 Å². The third kappa shape index (κ3) is 5.97. The zero-order valence-corrected chi connectivity index (χ0v) is 18.1. The maximum atomic E-state index is 6.42. The van der Waals surface area contributed by atoms with Crippen LogP contribution in [0.25, 0.3) is 0 Å². The second-order valence-electron chi connectivity index (χ2n) is 5.82. The van der Waals surface area contributed by atoms with E-state index in [-0.39, 0.29) is 19.0 Å². The topological polar surface area (TPSA) is 43.6 Å². The summed E-state index contributed by atoms with van der Waals surface area (Å²) < 4.78 is 16.6. The highest BCUT2D eigenvalue weighted by molar-refractivity contribution is 6.35. The predicted octanol–water partition coefficient (Wildman–Crippen LogP) is 6.54. The number of nitrogens with one attached hydrogen (secondary N) is 1. The van der Waals surface area contributed by atoms with Crippen LogP contribution in [-0.2, 0) is 19.7 Å². The van der Waals surface area contributed by atoms with E-state index in [0.29, 0.717) is 39.7 Å². The van der Waals surface area contributed by atoms with E-state index in [9.17, 15) is 0 Å². The quantitative estimate of drug-likeness (QED) is 0.412. The first-order chi connectivity index (χ1) is 13.1. The van der Waals surface area contributed by atoms with Crippen molar-refractivity contribution in [3.63, 3.8) is 0 Å². The molecule has 0 saturated carbocycles. The number of methoxy groups -OCH3 is 1. The lowest BCUT2D eigenvalue weighted by Gasteiger charge is -2.15. The summed E-state index contributed by atoms with van der Waals surface area (Å²) >= 11 is 18.5. The van der Waals surface area contributed by atoms with Gasteiger partial charge in [0.15, 0.2) is 11.5 Å². The van der Waals surface area contributed by atoms with Crippen LogP contribution < -0.4 is 14.8 Å². The van der Waals surface area contributed by atoms with Gasteiger partial charge in [-0.25, -0.2) is 0 Å². The van der Waals surface area contributed by atoms with Crippen LogP contribution in [-0.4, -0.2) is 7.11 Å². The molecule has 0 fully saturated rings. The Morgan fingerprint density at radius 3 is 2.50 bits per heavy atom. The third-order valence-electron chi connectivity index (χ3n) is 3.88. The molecule has 4 nitrogen and oxygen atoms in total. The first kappa shape index (κ1) is 22.7. The van der Waals surface area contributed by atoms with E-state index in [1.54, 1.807) is 25.5 Å². The van der Waals surface area contributed by atoms with Gasteiger partial charge in [0.05, 0.1) is 24.9 Å². The molecule has 1 heterocycles.